The van der Waals surface area contributed by atoms with Crippen LogP contribution in [-0.4, -0.2) is 18.6 Å². The van der Waals surface area contributed by atoms with Crippen LogP contribution < -0.4 is 10.2 Å². The fourth-order valence-electron chi connectivity index (χ4n) is 2.95. The molecule has 1 aliphatic rings. The van der Waals surface area contributed by atoms with Gasteiger partial charge < -0.3 is 10.2 Å². The Morgan fingerprint density at radius 3 is 2.85 bits per heavy atom. The number of nitrogens with one attached hydrogen (secondary N) is 1. The van der Waals surface area contributed by atoms with Gasteiger partial charge in [0.1, 0.15) is 5.82 Å². The van der Waals surface area contributed by atoms with Gasteiger partial charge >= 0.3 is 0 Å². The number of rotatable bonds is 4. The summed E-state index contributed by atoms with van der Waals surface area (Å²) >= 11 is 0. The van der Waals surface area contributed by atoms with Crippen LogP contribution in [0.5, 0.6) is 0 Å². The highest BCUT2D eigenvalue weighted by molar-refractivity contribution is 5.55. The van der Waals surface area contributed by atoms with Crippen LogP contribution in [0, 0.1) is 5.82 Å². The number of hydrogen-bond acceptors (Lipinski definition) is 2. The molecule has 0 radical (unpaired) electrons. The molecule has 1 saturated heterocycles. The average Bonchev–Trinajstić information content (AvgIpc) is 2.61. The monoisotopic (exact) mass is 278 g/mol. The maximum absolute atomic E-state index is 14.4. The Hall–Kier alpha value is -1.09. The van der Waals surface area contributed by atoms with Crippen molar-refractivity contribution in [1.82, 2.24) is 5.32 Å². The number of nitrogens with zero attached hydrogens (tertiary/aromatic N) is 1. The first-order chi connectivity index (χ1) is 9.59. The van der Waals surface area contributed by atoms with E-state index < -0.39 is 0 Å². The van der Waals surface area contributed by atoms with Gasteiger partial charge in [-0.3, -0.25) is 0 Å². The summed E-state index contributed by atoms with van der Waals surface area (Å²) in [5, 5.41) is 3.41. The molecule has 1 N–H and O–H groups in total. The fraction of sp³-hybridized carbons (Fsp3) is 0.647. The van der Waals surface area contributed by atoms with E-state index in [1.165, 1.54) is 12.8 Å². The van der Waals surface area contributed by atoms with Crippen molar-refractivity contribution >= 4 is 5.69 Å². The summed E-state index contributed by atoms with van der Waals surface area (Å²) in [5.41, 5.74) is 1.89. The van der Waals surface area contributed by atoms with Gasteiger partial charge in [-0.2, -0.15) is 0 Å². The molecule has 2 rings (SSSR count). The van der Waals surface area contributed by atoms with Crippen LogP contribution in [0.15, 0.2) is 18.2 Å². The summed E-state index contributed by atoms with van der Waals surface area (Å²) in [5.74, 6) is -0.0817. The Labute approximate surface area is 122 Å². The molecular weight excluding hydrogens is 251 g/mol. The Morgan fingerprint density at radius 2 is 2.10 bits per heavy atom. The van der Waals surface area contributed by atoms with E-state index in [0.29, 0.717) is 12.1 Å². The Balaban J connectivity index is 2.27. The minimum atomic E-state index is -0.0817. The molecule has 1 heterocycles. The van der Waals surface area contributed by atoms with Crippen molar-refractivity contribution in [3.8, 4) is 0 Å². The minimum Gasteiger partial charge on any atom is -0.366 e. The maximum Gasteiger partial charge on any atom is 0.146 e. The zero-order valence-corrected chi connectivity index (χ0v) is 13.0. The van der Waals surface area contributed by atoms with E-state index >= 15 is 0 Å². The summed E-state index contributed by atoms with van der Waals surface area (Å²) < 4.78 is 14.4. The van der Waals surface area contributed by atoms with E-state index in [-0.39, 0.29) is 5.82 Å². The second kappa shape index (κ2) is 7.07. The Kier molecular flexibility index (Phi) is 5.41. The van der Waals surface area contributed by atoms with Gasteiger partial charge in [0.2, 0.25) is 0 Å². The third-order valence-electron chi connectivity index (χ3n) is 4.11. The van der Waals surface area contributed by atoms with Gasteiger partial charge in [-0.25, -0.2) is 4.39 Å². The molecule has 1 atom stereocenters. The van der Waals surface area contributed by atoms with Crippen molar-refractivity contribution in [3.63, 3.8) is 0 Å². The first-order valence-corrected chi connectivity index (χ1v) is 7.87. The van der Waals surface area contributed by atoms with Crippen LogP contribution >= 0.6 is 0 Å². The number of hydrogen-bond donors (Lipinski definition) is 1. The topological polar surface area (TPSA) is 15.3 Å². The van der Waals surface area contributed by atoms with E-state index in [1.54, 1.807) is 6.07 Å². The highest BCUT2D eigenvalue weighted by Crippen LogP contribution is 2.30. The fourth-order valence-corrected chi connectivity index (χ4v) is 2.95. The average molecular weight is 278 g/mol. The van der Waals surface area contributed by atoms with Gasteiger partial charge in [-0.15, -0.1) is 0 Å². The van der Waals surface area contributed by atoms with Crippen LogP contribution in [0.1, 0.15) is 52.0 Å². The largest absolute Gasteiger partial charge is 0.366 e. The van der Waals surface area contributed by atoms with E-state index in [0.717, 1.165) is 37.2 Å². The summed E-state index contributed by atoms with van der Waals surface area (Å²) in [7, 11) is 0. The second-order valence-corrected chi connectivity index (χ2v) is 6.17. The van der Waals surface area contributed by atoms with Crippen LogP contribution in [0.4, 0.5) is 10.1 Å². The number of halogens is 1. The highest BCUT2D eigenvalue weighted by Gasteiger charge is 2.22. The third kappa shape index (κ3) is 3.72. The van der Waals surface area contributed by atoms with Gasteiger partial charge in [0.05, 0.1) is 5.69 Å². The number of anilines is 1. The highest BCUT2D eigenvalue weighted by atomic mass is 19.1. The lowest BCUT2D eigenvalue weighted by Gasteiger charge is -2.32. The molecule has 0 saturated carbocycles. The molecule has 0 aliphatic carbocycles. The molecule has 0 aromatic heterocycles. The summed E-state index contributed by atoms with van der Waals surface area (Å²) in [4.78, 5) is 2.28. The molecule has 1 aliphatic heterocycles. The summed E-state index contributed by atoms with van der Waals surface area (Å²) in [6.07, 6.45) is 4.83. The summed E-state index contributed by atoms with van der Waals surface area (Å²) in [6, 6.07) is 6.29. The molecule has 1 aromatic rings. The molecule has 3 heteroatoms. The minimum absolute atomic E-state index is 0.0817. The molecule has 1 unspecified atom stereocenters. The SMILES string of the molecule is CC(C)NCc1cccc(F)c1N1CCCCCC1C. The Morgan fingerprint density at radius 1 is 1.30 bits per heavy atom. The first kappa shape index (κ1) is 15.3. The lowest BCUT2D eigenvalue weighted by molar-refractivity contribution is 0.561. The van der Waals surface area contributed by atoms with Crippen molar-refractivity contribution in [2.45, 2.75) is 65.1 Å². The van der Waals surface area contributed by atoms with Gasteiger partial charge in [0.15, 0.2) is 0 Å². The van der Waals surface area contributed by atoms with Crippen molar-refractivity contribution in [1.29, 1.82) is 0 Å². The number of benzene rings is 1. The van der Waals surface area contributed by atoms with Crippen LogP contribution in [0.2, 0.25) is 0 Å². The van der Waals surface area contributed by atoms with Crippen molar-refractivity contribution < 1.29 is 4.39 Å². The lowest BCUT2D eigenvalue weighted by atomic mass is 10.1. The molecule has 0 amide bonds. The predicted molar refractivity (Wildman–Crippen MR) is 83.7 cm³/mol. The molecule has 0 bridgehead atoms. The molecule has 1 aromatic carbocycles. The van der Waals surface area contributed by atoms with E-state index in [4.69, 9.17) is 0 Å². The zero-order chi connectivity index (χ0) is 14.5. The van der Waals surface area contributed by atoms with Crippen molar-refractivity contribution in [2.24, 2.45) is 0 Å². The van der Waals surface area contributed by atoms with E-state index in [2.05, 4.69) is 31.0 Å². The smallest absolute Gasteiger partial charge is 0.146 e. The molecule has 1 fully saturated rings. The Bertz CT molecular complexity index is 431. The molecule has 0 spiro atoms. The summed E-state index contributed by atoms with van der Waals surface area (Å²) in [6.45, 7) is 8.16. The van der Waals surface area contributed by atoms with Crippen molar-refractivity contribution in [2.75, 3.05) is 11.4 Å². The number of para-hydroxylation sites is 1. The van der Waals surface area contributed by atoms with Gasteiger partial charge in [0.25, 0.3) is 0 Å². The third-order valence-corrected chi connectivity index (χ3v) is 4.11. The van der Waals surface area contributed by atoms with Crippen LogP contribution in [0.25, 0.3) is 0 Å². The zero-order valence-electron chi connectivity index (χ0n) is 13.0. The van der Waals surface area contributed by atoms with Gasteiger partial charge in [-0.05, 0) is 31.4 Å². The lowest BCUT2D eigenvalue weighted by Crippen LogP contribution is -2.35. The second-order valence-electron chi connectivity index (χ2n) is 6.17. The maximum atomic E-state index is 14.4. The normalized spacial score (nSPS) is 20.2. The van der Waals surface area contributed by atoms with Crippen molar-refractivity contribution in [3.05, 3.63) is 29.6 Å². The quantitative estimate of drug-likeness (QED) is 0.892. The predicted octanol–water partition coefficient (Wildman–Crippen LogP) is 4.09. The molecule has 20 heavy (non-hydrogen) atoms. The standard InChI is InChI=1S/C17H27FN2/c1-13(2)19-12-15-9-7-10-16(18)17(15)20-11-6-4-5-8-14(20)3/h7,9-10,13-14,19H,4-6,8,11-12H2,1-3H3. The van der Waals surface area contributed by atoms with Gasteiger partial charge in [-0.1, -0.05) is 38.8 Å². The molecular formula is C17H27FN2. The van der Waals surface area contributed by atoms with Crippen LogP contribution in [-0.2, 0) is 6.54 Å². The van der Waals surface area contributed by atoms with Gasteiger partial charge in [0, 0.05) is 25.2 Å². The first-order valence-electron chi connectivity index (χ1n) is 7.87. The molecule has 2 nitrogen and oxygen atoms in total. The van der Waals surface area contributed by atoms with Crippen LogP contribution in [0.3, 0.4) is 0 Å². The van der Waals surface area contributed by atoms with E-state index in [1.807, 2.05) is 12.1 Å². The van der Waals surface area contributed by atoms with E-state index in [9.17, 15) is 4.39 Å². The molecule has 112 valence electrons.